The number of nitrogens with one attached hydrogen (secondary N) is 1. The first-order chi connectivity index (χ1) is 11.5. The molecule has 1 N–H and O–H groups in total. The highest BCUT2D eigenvalue weighted by Crippen LogP contribution is 2.36. The Bertz CT molecular complexity index is 660. The van der Waals surface area contributed by atoms with Crippen LogP contribution in [0.15, 0.2) is 6.07 Å². The van der Waals surface area contributed by atoms with Gasteiger partial charge in [0.2, 0.25) is 11.8 Å². The van der Waals surface area contributed by atoms with Gasteiger partial charge in [0.05, 0.1) is 17.7 Å². The van der Waals surface area contributed by atoms with E-state index in [4.69, 9.17) is 0 Å². The Kier molecular flexibility index (Phi) is 3.83. The molecule has 0 radical (unpaired) electrons. The lowest BCUT2D eigenvalue weighted by molar-refractivity contribution is -0.132. The van der Waals surface area contributed by atoms with Crippen molar-refractivity contribution in [3.63, 3.8) is 0 Å². The number of aromatic nitrogens is 2. The van der Waals surface area contributed by atoms with Gasteiger partial charge in [-0.2, -0.15) is 5.10 Å². The van der Waals surface area contributed by atoms with Crippen molar-refractivity contribution in [2.24, 2.45) is 13.0 Å². The number of hydrogen-bond acceptors (Lipinski definition) is 4. The Morgan fingerprint density at radius 2 is 2.00 bits per heavy atom. The molecule has 1 atom stereocenters. The number of likely N-dealkylation sites (tertiary alicyclic amines) is 2. The summed E-state index contributed by atoms with van der Waals surface area (Å²) in [5.41, 5.74) is 1.07. The summed E-state index contributed by atoms with van der Waals surface area (Å²) in [5.74, 6) is 1.05. The van der Waals surface area contributed by atoms with Crippen molar-refractivity contribution in [2.75, 3.05) is 32.0 Å². The molecule has 1 aromatic rings. The van der Waals surface area contributed by atoms with Crippen LogP contribution < -0.4 is 5.32 Å². The molecule has 7 heteroatoms. The van der Waals surface area contributed by atoms with E-state index >= 15 is 0 Å². The lowest BCUT2D eigenvalue weighted by Gasteiger charge is -2.42. The quantitative estimate of drug-likeness (QED) is 0.885. The van der Waals surface area contributed by atoms with Crippen LogP contribution in [-0.4, -0.2) is 64.1 Å². The minimum absolute atomic E-state index is 0.0679. The number of carbonyl (C=O) groups is 2. The normalized spacial score (nSPS) is 25.7. The molecule has 2 amide bonds. The molecule has 1 saturated carbocycles. The van der Waals surface area contributed by atoms with Crippen LogP contribution in [0, 0.1) is 5.92 Å². The predicted octanol–water partition coefficient (Wildman–Crippen LogP) is 0.789. The SMILES string of the molecule is CN1CC(N2CC(C(=O)Nc3cc(C4CCC4)nn3C)CC2=O)C1. The molecule has 4 rings (SSSR count). The first-order valence-electron chi connectivity index (χ1n) is 8.84. The van der Waals surface area contributed by atoms with Crippen molar-refractivity contribution in [3.8, 4) is 0 Å². The van der Waals surface area contributed by atoms with Crippen molar-refractivity contribution >= 4 is 17.6 Å². The fourth-order valence-corrected chi connectivity index (χ4v) is 3.86. The van der Waals surface area contributed by atoms with Crippen molar-refractivity contribution < 1.29 is 9.59 Å². The minimum atomic E-state index is -0.259. The molecule has 0 spiro atoms. The van der Waals surface area contributed by atoms with E-state index in [-0.39, 0.29) is 23.8 Å². The maximum absolute atomic E-state index is 12.6. The van der Waals surface area contributed by atoms with Gasteiger partial charge in [-0.1, -0.05) is 6.42 Å². The fraction of sp³-hybridized carbons (Fsp3) is 0.706. The molecule has 3 aliphatic rings. The third-order valence-corrected chi connectivity index (χ3v) is 5.69. The average molecular weight is 331 g/mol. The second kappa shape index (κ2) is 5.88. The Morgan fingerprint density at radius 3 is 2.62 bits per heavy atom. The summed E-state index contributed by atoms with van der Waals surface area (Å²) in [7, 11) is 3.90. The standard InChI is InChI=1S/C17H25N5O2/c1-20-9-13(10-20)22-8-12(6-16(22)23)17(24)18-15-7-14(19-21(15)2)11-4-3-5-11/h7,11-13H,3-6,8-10H2,1-2H3,(H,18,24). The van der Waals surface area contributed by atoms with Gasteiger partial charge >= 0.3 is 0 Å². The zero-order chi connectivity index (χ0) is 16.8. The number of hydrogen-bond donors (Lipinski definition) is 1. The Hall–Kier alpha value is -1.89. The van der Waals surface area contributed by atoms with E-state index < -0.39 is 0 Å². The highest BCUT2D eigenvalue weighted by molar-refractivity contribution is 5.96. The molecule has 0 aromatic carbocycles. The average Bonchev–Trinajstić information content (AvgIpc) is 2.98. The second-order valence-corrected chi connectivity index (χ2v) is 7.52. The number of nitrogens with zero attached hydrogens (tertiary/aromatic N) is 4. The number of amides is 2. The van der Waals surface area contributed by atoms with Gasteiger partial charge in [0.1, 0.15) is 5.82 Å². The molecule has 2 aliphatic heterocycles. The molecule has 2 saturated heterocycles. The highest BCUT2D eigenvalue weighted by Gasteiger charge is 2.41. The zero-order valence-electron chi connectivity index (χ0n) is 14.4. The maximum atomic E-state index is 12.6. The van der Waals surface area contributed by atoms with Crippen molar-refractivity contribution in [2.45, 2.75) is 37.6 Å². The van der Waals surface area contributed by atoms with Gasteiger partial charge < -0.3 is 15.1 Å². The largest absolute Gasteiger partial charge is 0.336 e. The van der Waals surface area contributed by atoms with Crippen molar-refractivity contribution in [1.82, 2.24) is 19.6 Å². The van der Waals surface area contributed by atoms with Gasteiger partial charge in [-0.15, -0.1) is 0 Å². The van der Waals surface area contributed by atoms with Gasteiger partial charge in [0.25, 0.3) is 0 Å². The third-order valence-electron chi connectivity index (χ3n) is 5.69. The molecular weight excluding hydrogens is 306 g/mol. The predicted molar refractivity (Wildman–Crippen MR) is 89.5 cm³/mol. The summed E-state index contributed by atoms with van der Waals surface area (Å²) in [6.07, 6.45) is 3.96. The topological polar surface area (TPSA) is 70.5 Å². The smallest absolute Gasteiger partial charge is 0.230 e. The number of carbonyl (C=O) groups excluding carboxylic acids is 2. The van der Waals surface area contributed by atoms with E-state index in [1.165, 1.54) is 19.3 Å². The highest BCUT2D eigenvalue weighted by atomic mass is 16.2. The summed E-state index contributed by atoms with van der Waals surface area (Å²) in [6.45, 7) is 2.36. The summed E-state index contributed by atoms with van der Waals surface area (Å²) in [4.78, 5) is 28.8. The van der Waals surface area contributed by atoms with Gasteiger partial charge in [0.15, 0.2) is 0 Å². The second-order valence-electron chi connectivity index (χ2n) is 7.52. The Labute approximate surface area is 142 Å². The van der Waals surface area contributed by atoms with E-state index in [2.05, 4.69) is 15.3 Å². The van der Waals surface area contributed by atoms with Crippen LogP contribution in [-0.2, 0) is 16.6 Å². The minimum Gasteiger partial charge on any atom is -0.336 e. The van der Waals surface area contributed by atoms with Gasteiger partial charge in [-0.3, -0.25) is 14.3 Å². The van der Waals surface area contributed by atoms with Crippen LogP contribution in [0.25, 0.3) is 0 Å². The van der Waals surface area contributed by atoms with E-state index in [9.17, 15) is 9.59 Å². The van der Waals surface area contributed by atoms with Gasteiger partial charge in [0, 0.05) is 45.1 Å². The molecule has 24 heavy (non-hydrogen) atoms. The molecule has 1 unspecified atom stereocenters. The van der Waals surface area contributed by atoms with Crippen LogP contribution in [0.4, 0.5) is 5.82 Å². The Morgan fingerprint density at radius 1 is 1.25 bits per heavy atom. The molecule has 3 fully saturated rings. The Balaban J connectivity index is 1.38. The summed E-state index contributed by atoms with van der Waals surface area (Å²) in [6, 6.07) is 2.26. The molecule has 130 valence electrons. The summed E-state index contributed by atoms with van der Waals surface area (Å²) in [5, 5.41) is 7.49. The van der Waals surface area contributed by atoms with E-state index in [1.807, 2.05) is 25.1 Å². The monoisotopic (exact) mass is 331 g/mol. The molecule has 1 aliphatic carbocycles. The van der Waals surface area contributed by atoms with E-state index in [0.717, 1.165) is 24.6 Å². The number of rotatable bonds is 4. The van der Waals surface area contributed by atoms with Gasteiger partial charge in [-0.25, -0.2) is 0 Å². The van der Waals surface area contributed by atoms with Crippen molar-refractivity contribution in [3.05, 3.63) is 11.8 Å². The van der Waals surface area contributed by atoms with Crippen LogP contribution in [0.3, 0.4) is 0 Å². The van der Waals surface area contributed by atoms with E-state index in [1.54, 1.807) is 4.68 Å². The third kappa shape index (κ3) is 2.70. The van der Waals surface area contributed by atoms with Crippen LogP contribution in [0.2, 0.25) is 0 Å². The number of aryl methyl sites for hydroxylation is 1. The fourth-order valence-electron chi connectivity index (χ4n) is 3.86. The maximum Gasteiger partial charge on any atom is 0.230 e. The van der Waals surface area contributed by atoms with Crippen LogP contribution in [0.5, 0.6) is 0 Å². The first kappa shape index (κ1) is 15.6. The van der Waals surface area contributed by atoms with Gasteiger partial charge in [-0.05, 0) is 19.9 Å². The first-order valence-corrected chi connectivity index (χ1v) is 8.84. The molecular formula is C17H25N5O2. The lowest BCUT2D eigenvalue weighted by Crippen LogP contribution is -2.58. The molecule has 0 bridgehead atoms. The molecule has 1 aromatic heterocycles. The van der Waals surface area contributed by atoms with Crippen molar-refractivity contribution in [1.29, 1.82) is 0 Å². The molecule has 3 heterocycles. The van der Waals surface area contributed by atoms with Crippen LogP contribution in [0.1, 0.15) is 37.3 Å². The summed E-state index contributed by atoms with van der Waals surface area (Å²) < 4.78 is 1.74. The molecule has 7 nitrogen and oxygen atoms in total. The van der Waals surface area contributed by atoms with E-state index in [0.29, 0.717) is 18.9 Å². The van der Waals surface area contributed by atoms with Crippen LogP contribution >= 0.6 is 0 Å². The number of anilines is 1. The number of likely N-dealkylation sites (N-methyl/N-ethyl adjacent to an activating group) is 1. The zero-order valence-corrected chi connectivity index (χ0v) is 14.4. The summed E-state index contributed by atoms with van der Waals surface area (Å²) >= 11 is 0. The lowest BCUT2D eigenvalue weighted by atomic mass is 9.83.